The number of hydrogen-bond donors (Lipinski definition) is 4. The zero-order valence-corrected chi connectivity index (χ0v) is 62.2. The molecular formula is C104H68N4O8. The lowest BCUT2D eigenvalue weighted by Crippen LogP contribution is -2.11. The van der Waals surface area contributed by atoms with Gasteiger partial charge < -0.3 is 39.4 Å². The second-order valence-electron chi connectivity index (χ2n) is 28.7. The van der Waals surface area contributed by atoms with Crippen LogP contribution in [-0.4, -0.2) is 53.4 Å². The zero-order valence-electron chi connectivity index (χ0n) is 62.2. The van der Waals surface area contributed by atoms with Crippen molar-refractivity contribution in [3.05, 3.63) is 411 Å². The molecule has 0 aliphatic carbocycles. The Morgan fingerprint density at radius 3 is 0.845 bits per heavy atom. The largest absolute Gasteiger partial charge is 0.478 e. The third-order valence-electron chi connectivity index (χ3n) is 22.1. The molecule has 2 aromatic heterocycles. The molecule has 0 aliphatic rings. The normalized spacial score (nSPS) is 11.4. The lowest BCUT2D eigenvalue weighted by Gasteiger charge is -2.29. The van der Waals surface area contributed by atoms with Gasteiger partial charge in [-0.15, -0.1) is 0 Å². The van der Waals surface area contributed by atoms with Crippen LogP contribution in [0.25, 0.3) is 143 Å². The third kappa shape index (κ3) is 12.4. The molecule has 12 heteroatoms. The predicted octanol–water partition coefficient (Wildman–Crippen LogP) is 26.6. The number of carbonyl (C=O) groups is 4. The van der Waals surface area contributed by atoms with E-state index in [1.165, 1.54) is 21.5 Å². The van der Waals surface area contributed by atoms with E-state index >= 15 is 0 Å². The minimum absolute atomic E-state index is 0.210. The van der Waals surface area contributed by atoms with Crippen molar-refractivity contribution in [2.24, 2.45) is 0 Å². The van der Waals surface area contributed by atoms with Gasteiger partial charge in [-0.1, -0.05) is 224 Å². The molecule has 552 valence electrons. The van der Waals surface area contributed by atoms with Gasteiger partial charge in [0.25, 0.3) is 0 Å². The number of carboxylic acids is 4. The Labute approximate surface area is 665 Å². The molecule has 18 aromatic carbocycles. The predicted molar refractivity (Wildman–Crippen MR) is 471 cm³/mol. The molecule has 12 nitrogen and oxygen atoms in total. The fourth-order valence-corrected chi connectivity index (χ4v) is 17.0. The summed E-state index contributed by atoms with van der Waals surface area (Å²) in [6.07, 6.45) is 0. The Morgan fingerprint density at radius 2 is 0.474 bits per heavy atom. The summed E-state index contributed by atoms with van der Waals surface area (Å²) in [6.45, 7) is 0. The van der Waals surface area contributed by atoms with Crippen molar-refractivity contribution in [3.8, 4) is 55.9 Å². The van der Waals surface area contributed by atoms with E-state index in [1.54, 1.807) is 48.5 Å². The van der Waals surface area contributed by atoms with Crippen LogP contribution < -0.4 is 9.80 Å². The van der Waals surface area contributed by atoms with Gasteiger partial charge in [-0.2, -0.15) is 0 Å². The molecule has 0 bridgehead atoms. The number of aromatic nitrogens is 2. The number of aromatic carboxylic acids is 4. The summed E-state index contributed by atoms with van der Waals surface area (Å²) in [4.78, 5) is 52.1. The molecule has 20 aromatic rings. The molecule has 0 atom stereocenters. The van der Waals surface area contributed by atoms with Crippen LogP contribution in [0.15, 0.2) is 388 Å². The lowest BCUT2D eigenvalue weighted by molar-refractivity contribution is 0.0686. The fraction of sp³-hybridized carbons (Fsp3) is 0. The number of nitrogens with zero attached hydrogens (tertiary/aromatic N) is 4. The highest BCUT2D eigenvalue weighted by molar-refractivity contribution is 6.26. The molecule has 0 unspecified atom stereocenters. The van der Waals surface area contributed by atoms with Crippen LogP contribution in [0.3, 0.4) is 0 Å². The summed E-state index contributed by atoms with van der Waals surface area (Å²) in [5.74, 6) is -3.92. The molecule has 0 fully saturated rings. The molecular weight excluding hydrogens is 1430 g/mol. The van der Waals surface area contributed by atoms with Crippen LogP contribution in [0.2, 0.25) is 0 Å². The van der Waals surface area contributed by atoms with Gasteiger partial charge in [0.2, 0.25) is 0 Å². The van der Waals surface area contributed by atoms with Gasteiger partial charge in [0.15, 0.2) is 0 Å². The molecule has 0 aliphatic heterocycles. The first-order valence-corrected chi connectivity index (χ1v) is 38.1. The van der Waals surface area contributed by atoms with Gasteiger partial charge in [0, 0.05) is 66.7 Å². The van der Waals surface area contributed by atoms with Crippen LogP contribution in [-0.2, 0) is 0 Å². The minimum atomic E-state index is -0.985. The summed E-state index contributed by atoms with van der Waals surface area (Å²) in [6, 6.07) is 129. The molecule has 0 spiro atoms. The van der Waals surface area contributed by atoms with Crippen LogP contribution >= 0.6 is 0 Å². The van der Waals surface area contributed by atoms with E-state index in [1.807, 2.05) is 109 Å². The number of anilines is 6. The number of rotatable bonds is 16. The Bertz CT molecular complexity index is 7100. The topological polar surface area (TPSA) is 166 Å². The maximum Gasteiger partial charge on any atom is 0.335 e. The molecule has 0 amide bonds. The number of benzene rings is 18. The van der Waals surface area contributed by atoms with Crippen LogP contribution in [0.1, 0.15) is 41.4 Å². The van der Waals surface area contributed by atoms with E-state index in [0.29, 0.717) is 0 Å². The highest BCUT2D eigenvalue weighted by Gasteiger charge is 2.27. The Morgan fingerprint density at radius 1 is 0.207 bits per heavy atom. The average molecular weight is 1500 g/mol. The van der Waals surface area contributed by atoms with Gasteiger partial charge >= 0.3 is 23.9 Å². The number of carboxylic acid groups (broad SMARTS) is 4. The first-order valence-electron chi connectivity index (χ1n) is 38.1. The van der Waals surface area contributed by atoms with Gasteiger partial charge in [-0.25, -0.2) is 19.2 Å². The zero-order chi connectivity index (χ0) is 78.7. The highest BCUT2D eigenvalue weighted by atomic mass is 16.4. The standard InChI is InChI=1S/2C52H34N2O4/c55-51(56)35-25-21-33(22-26-35)48-42-15-4-5-16-43(42)49(34-23-27-36(28-24-34)52(57)58)50-44(48)17-10-20-47(50)53(37-11-2-1-3-12-37)38-29-31-39(32-30-38)54-45-18-8-6-13-40(45)41-14-7-9-19-46(41)54;55-51(56)35-22-18-33(19-23-35)49-43-14-4-5-15-44(43)50(34-20-24-36(25-21-34)52(57)58)46-32-40(30-31-45(46)49)53(37-10-2-1-3-11-37)38-26-28-39(29-27-38)54-47-16-8-6-12-41(47)42-13-7-9-17-48(42)54/h2*1-32H,(H,55,56)(H,57,58). The van der Waals surface area contributed by atoms with Gasteiger partial charge in [-0.05, 0) is 246 Å². The van der Waals surface area contributed by atoms with Crippen molar-refractivity contribution >= 4 is 145 Å². The van der Waals surface area contributed by atoms with E-state index in [9.17, 15) is 39.6 Å². The van der Waals surface area contributed by atoms with Crippen LogP contribution in [0.5, 0.6) is 0 Å². The minimum Gasteiger partial charge on any atom is -0.478 e. The van der Waals surface area contributed by atoms with Crippen molar-refractivity contribution in [2.45, 2.75) is 0 Å². The van der Waals surface area contributed by atoms with E-state index in [0.717, 1.165) is 155 Å². The Hall–Kier alpha value is -15.9. The molecule has 0 saturated heterocycles. The van der Waals surface area contributed by atoms with Crippen molar-refractivity contribution in [1.29, 1.82) is 0 Å². The molecule has 0 radical (unpaired) electrons. The Balaban J connectivity index is 0.000000155. The highest BCUT2D eigenvalue weighted by Crippen LogP contribution is 2.52. The monoisotopic (exact) mass is 1500 g/mol. The van der Waals surface area contributed by atoms with E-state index in [-0.39, 0.29) is 22.3 Å². The first kappa shape index (κ1) is 70.5. The maximum atomic E-state index is 12.0. The molecule has 0 saturated carbocycles. The summed E-state index contributed by atoms with van der Waals surface area (Å²) >= 11 is 0. The third-order valence-corrected chi connectivity index (χ3v) is 22.1. The first-order chi connectivity index (χ1) is 56.9. The second kappa shape index (κ2) is 29.4. The van der Waals surface area contributed by atoms with Gasteiger partial charge in [-0.3, -0.25) is 0 Å². The van der Waals surface area contributed by atoms with Gasteiger partial charge in [0.05, 0.1) is 50.0 Å². The average Bonchev–Trinajstić information content (AvgIpc) is 1.60. The van der Waals surface area contributed by atoms with Crippen molar-refractivity contribution in [2.75, 3.05) is 9.80 Å². The molecule has 2 heterocycles. The SMILES string of the molecule is O=C(O)c1ccc(-c2c3ccccc3c(-c3ccc(C(=O)O)cc3)c3c(N(c4ccccc4)c4ccc(-n5c6ccccc6c6ccccc65)cc4)cccc23)cc1.O=C(O)c1ccc(-c2c3ccccc3c(-c3ccc(C(=O)O)cc3)c3cc(N(c4ccccc4)c4ccc(-n5c6ccccc6c6ccccc65)cc4)ccc23)cc1. The molecule has 116 heavy (non-hydrogen) atoms. The van der Waals surface area contributed by atoms with Crippen molar-refractivity contribution in [3.63, 3.8) is 0 Å². The number of para-hydroxylation sites is 6. The Kier molecular flexibility index (Phi) is 17.9. The summed E-state index contributed by atoms with van der Waals surface area (Å²) < 4.78 is 4.63. The maximum absolute atomic E-state index is 12.0. The second-order valence-corrected chi connectivity index (χ2v) is 28.7. The van der Waals surface area contributed by atoms with E-state index < -0.39 is 23.9 Å². The fourth-order valence-electron chi connectivity index (χ4n) is 17.0. The molecule has 20 rings (SSSR count). The van der Waals surface area contributed by atoms with Crippen molar-refractivity contribution in [1.82, 2.24) is 9.13 Å². The summed E-state index contributed by atoms with van der Waals surface area (Å²) in [5.41, 5.74) is 20.8. The quantitative estimate of drug-likeness (QED) is 0.0684. The van der Waals surface area contributed by atoms with Gasteiger partial charge in [0.1, 0.15) is 0 Å². The van der Waals surface area contributed by atoms with E-state index in [2.05, 4.69) is 249 Å². The molecule has 4 N–H and O–H groups in total. The lowest BCUT2D eigenvalue weighted by atomic mass is 9.84. The van der Waals surface area contributed by atoms with Crippen LogP contribution in [0, 0.1) is 0 Å². The smallest absolute Gasteiger partial charge is 0.335 e. The van der Waals surface area contributed by atoms with Crippen molar-refractivity contribution < 1.29 is 39.6 Å². The number of hydrogen-bond acceptors (Lipinski definition) is 6. The number of fused-ring (bicyclic) bond motifs is 10. The summed E-state index contributed by atoms with van der Waals surface area (Å²) in [7, 11) is 0. The van der Waals surface area contributed by atoms with Crippen LogP contribution in [0.4, 0.5) is 34.1 Å². The van der Waals surface area contributed by atoms with E-state index in [4.69, 9.17) is 0 Å². The summed E-state index contributed by atoms with van der Waals surface area (Å²) in [5, 5.41) is 51.7.